The van der Waals surface area contributed by atoms with Crippen LogP contribution in [0.4, 0.5) is 11.4 Å². The first kappa shape index (κ1) is 16.7. The predicted molar refractivity (Wildman–Crippen MR) is 110 cm³/mol. The number of allylic oxidation sites excluding steroid dienone is 1. The highest BCUT2D eigenvalue weighted by molar-refractivity contribution is 8.04. The summed E-state index contributed by atoms with van der Waals surface area (Å²) in [7, 11) is 0. The van der Waals surface area contributed by atoms with Crippen molar-refractivity contribution in [2.75, 3.05) is 11.4 Å². The molecule has 1 aliphatic rings. The number of hydrogen-bond acceptors (Lipinski definition) is 3. The van der Waals surface area contributed by atoms with Crippen LogP contribution < -0.4 is 4.90 Å². The molecule has 0 bridgehead atoms. The van der Waals surface area contributed by atoms with E-state index in [4.69, 9.17) is 0 Å². The zero-order valence-corrected chi connectivity index (χ0v) is 15.4. The van der Waals surface area contributed by atoms with Gasteiger partial charge in [-0.15, -0.1) is 0 Å². The van der Waals surface area contributed by atoms with Crippen molar-refractivity contribution in [2.45, 2.75) is 11.8 Å². The number of benzene rings is 3. The summed E-state index contributed by atoms with van der Waals surface area (Å²) in [6.45, 7) is 3.04. The van der Waals surface area contributed by atoms with Gasteiger partial charge in [0, 0.05) is 28.4 Å². The van der Waals surface area contributed by atoms with Crippen LogP contribution in [0.25, 0.3) is 6.08 Å². The first-order valence-electron chi connectivity index (χ1n) is 8.72. The van der Waals surface area contributed by atoms with Gasteiger partial charge in [-0.1, -0.05) is 54.2 Å². The second kappa shape index (κ2) is 7.22. The quantitative estimate of drug-likeness (QED) is 0.520. The summed E-state index contributed by atoms with van der Waals surface area (Å²) in [5.41, 5.74) is 4.18. The lowest BCUT2D eigenvalue weighted by Crippen LogP contribution is -2.15. The van der Waals surface area contributed by atoms with Crippen molar-refractivity contribution in [3.05, 3.63) is 94.9 Å². The molecule has 0 radical (unpaired) electrons. The van der Waals surface area contributed by atoms with Crippen molar-refractivity contribution in [1.29, 1.82) is 0 Å². The first-order chi connectivity index (χ1) is 12.8. The number of nitrogens with zero attached hydrogens (tertiary/aromatic N) is 1. The molecule has 0 amide bonds. The molecular weight excluding hydrogens is 338 g/mol. The number of para-hydroxylation sites is 1. The SMILES string of the molecule is CCN(c1ccccc1)c1ccc(C=C2Sc3ccccc3C2=O)cc1. The Hall–Kier alpha value is -2.78. The number of fused-ring (bicyclic) bond motifs is 1. The summed E-state index contributed by atoms with van der Waals surface area (Å²) in [4.78, 5) is 16.6. The lowest BCUT2D eigenvalue weighted by Gasteiger charge is -2.23. The lowest BCUT2D eigenvalue weighted by atomic mass is 10.1. The third-order valence-corrected chi connectivity index (χ3v) is 5.56. The Kier molecular flexibility index (Phi) is 4.63. The monoisotopic (exact) mass is 357 g/mol. The van der Waals surface area contributed by atoms with Gasteiger partial charge in [0.1, 0.15) is 0 Å². The molecular formula is C23H19NOS. The van der Waals surface area contributed by atoms with Crippen LogP contribution in [0, 0.1) is 0 Å². The van der Waals surface area contributed by atoms with E-state index in [0.717, 1.165) is 33.2 Å². The molecule has 0 fully saturated rings. The third-order valence-electron chi connectivity index (χ3n) is 4.46. The topological polar surface area (TPSA) is 20.3 Å². The highest BCUT2D eigenvalue weighted by Crippen LogP contribution is 2.40. The maximum Gasteiger partial charge on any atom is 0.200 e. The number of Topliss-reactive ketones (excluding diaryl/α,β-unsaturated/α-hetero) is 1. The standard InChI is InChI=1S/C23H19NOS/c1-2-24(18-8-4-3-5-9-18)19-14-12-17(13-15-19)16-22-23(25)20-10-6-7-11-21(20)26-22/h3-16H,2H2,1H3. The van der Waals surface area contributed by atoms with Gasteiger partial charge in [-0.3, -0.25) is 4.79 Å². The van der Waals surface area contributed by atoms with Crippen LogP contribution >= 0.6 is 11.8 Å². The molecule has 1 heterocycles. The highest BCUT2D eigenvalue weighted by atomic mass is 32.2. The Morgan fingerprint density at radius 2 is 1.50 bits per heavy atom. The molecule has 3 aromatic carbocycles. The summed E-state index contributed by atoms with van der Waals surface area (Å²) < 4.78 is 0. The zero-order chi connectivity index (χ0) is 17.9. The molecule has 2 nitrogen and oxygen atoms in total. The summed E-state index contributed by atoms with van der Waals surface area (Å²) in [5, 5.41) is 0. The summed E-state index contributed by atoms with van der Waals surface area (Å²) in [6.07, 6.45) is 1.98. The number of hydrogen-bond donors (Lipinski definition) is 0. The second-order valence-electron chi connectivity index (χ2n) is 6.11. The van der Waals surface area contributed by atoms with E-state index in [0.29, 0.717) is 0 Å². The minimum Gasteiger partial charge on any atom is -0.342 e. The number of ketones is 1. The van der Waals surface area contributed by atoms with Gasteiger partial charge in [-0.2, -0.15) is 0 Å². The van der Waals surface area contributed by atoms with Gasteiger partial charge in [-0.25, -0.2) is 0 Å². The fourth-order valence-corrected chi connectivity index (χ4v) is 4.21. The lowest BCUT2D eigenvalue weighted by molar-refractivity contribution is 0.104. The van der Waals surface area contributed by atoms with Gasteiger partial charge in [0.15, 0.2) is 0 Å². The van der Waals surface area contributed by atoms with Crippen LogP contribution in [0.2, 0.25) is 0 Å². The number of carbonyl (C=O) groups is 1. The van der Waals surface area contributed by atoms with Crippen molar-refractivity contribution < 1.29 is 4.79 Å². The molecule has 4 rings (SSSR count). The molecule has 0 saturated carbocycles. The van der Waals surface area contributed by atoms with Crippen LogP contribution in [-0.4, -0.2) is 12.3 Å². The van der Waals surface area contributed by atoms with Crippen LogP contribution in [0.5, 0.6) is 0 Å². The van der Waals surface area contributed by atoms with Crippen molar-refractivity contribution in [3.8, 4) is 0 Å². The molecule has 0 spiro atoms. The first-order valence-corrected chi connectivity index (χ1v) is 9.54. The van der Waals surface area contributed by atoms with Gasteiger partial charge in [0.25, 0.3) is 0 Å². The van der Waals surface area contributed by atoms with E-state index >= 15 is 0 Å². The molecule has 0 unspecified atom stereocenters. The van der Waals surface area contributed by atoms with Crippen LogP contribution in [0.3, 0.4) is 0 Å². The molecule has 1 aliphatic heterocycles. The molecule has 3 heteroatoms. The largest absolute Gasteiger partial charge is 0.342 e. The molecule has 3 aromatic rings. The molecule has 0 aliphatic carbocycles. The Labute approximate surface area is 158 Å². The van der Waals surface area contributed by atoms with Crippen LogP contribution in [0.15, 0.2) is 88.7 Å². The Balaban J connectivity index is 1.58. The van der Waals surface area contributed by atoms with E-state index in [1.807, 2.05) is 36.4 Å². The van der Waals surface area contributed by atoms with Gasteiger partial charge < -0.3 is 4.90 Å². The normalized spacial score (nSPS) is 14.5. The average molecular weight is 357 g/mol. The van der Waals surface area contributed by atoms with E-state index in [-0.39, 0.29) is 5.78 Å². The van der Waals surface area contributed by atoms with Crippen molar-refractivity contribution in [2.24, 2.45) is 0 Å². The van der Waals surface area contributed by atoms with E-state index in [1.54, 1.807) is 11.8 Å². The van der Waals surface area contributed by atoms with Crippen molar-refractivity contribution in [3.63, 3.8) is 0 Å². The van der Waals surface area contributed by atoms with Crippen LogP contribution in [0.1, 0.15) is 22.8 Å². The van der Waals surface area contributed by atoms with Gasteiger partial charge in [-0.05, 0) is 55.0 Å². The smallest absolute Gasteiger partial charge is 0.200 e. The maximum absolute atomic E-state index is 12.5. The van der Waals surface area contributed by atoms with Crippen molar-refractivity contribution >= 4 is 35.0 Å². The van der Waals surface area contributed by atoms with E-state index in [2.05, 4.69) is 60.4 Å². The third kappa shape index (κ3) is 3.18. The predicted octanol–water partition coefficient (Wildman–Crippen LogP) is 6.17. The molecule has 0 N–H and O–H groups in total. The maximum atomic E-state index is 12.5. The fourth-order valence-electron chi connectivity index (χ4n) is 3.16. The van der Waals surface area contributed by atoms with Gasteiger partial charge in [0.2, 0.25) is 5.78 Å². The number of anilines is 2. The van der Waals surface area contributed by atoms with Gasteiger partial charge >= 0.3 is 0 Å². The Morgan fingerprint density at radius 1 is 0.846 bits per heavy atom. The van der Waals surface area contributed by atoms with Crippen LogP contribution in [-0.2, 0) is 0 Å². The minimum atomic E-state index is 0.120. The number of carbonyl (C=O) groups excluding carboxylic acids is 1. The zero-order valence-electron chi connectivity index (χ0n) is 14.6. The number of rotatable bonds is 4. The summed E-state index contributed by atoms with van der Waals surface area (Å²) >= 11 is 1.55. The number of thioether (sulfide) groups is 1. The van der Waals surface area contributed by atoms with E-state index in [9.17, 15) is 4.79 Å². The molecule has 128 valence electrons. The van der Waals surface area contributed by atoms with E-state index in [1.165, 1.54) is 5.69 Å². The molecule has 0 saturated heterocycles. The minimum absolute atomic E-state index is 0.120. The fraction of sp³-hybridized carbons (Fsp3) is 0.0870. The Morgan fingerprint density at radius 3 is 2.19 bits per heavy atom. The average Bonchev–Trinajstić information content (AvgIpc) is 3.00. The van der Waals surface area contributed by atoms with Gasteiger partial charge in [0.05, 0.1) is 4.91 Å². The van der Waals surface area contributed by atoms with Crippen molar-refractivity contribution in [1.82, 2.24) is 0 Å². The summed E-state index contributed by atoms with van der Waals surface area (Å²) in [6, 6.07) is 26.5. The molecule has 0 aromatic heterocycles. The second-order valence-corrected chi connectivity index (χ2v) is 7.19. The Bertz CT molecular complexity index is 961. The molecule has 26 heavy (non-hydrogen) atoms. The summed E-state index contributed by atoms with van der Waals surface area (Å²) in [5.74, 6) is 0.120. The highest BCUT2D eigenvalue weighted by Gasteiger charge is 2.25. The molecule has 0 atom stereocenters. The van der Waals surface area contributed by atoms with E-state index < -0.39 is 0 Å².